The molecule has 1 aliphatic heterocycles. The van der Waals surface area contributed by atoms with Gasteiger partial charge in [0, 0.05) is 6.54 Å². The zero-order chi connectivity index (χ0) is 18.4. The van der Waals surface area contributed by atoms with Gasteiger partial charge in [-0.05, 0) is 61.3 Å². The van der Waals surface area contributed by atoms with Crippen LogP contribution in [0.2, 0.25) is 0 Å². The van der Waals surface area contributed by atoms with E-state index in [2.05, 4.69) is 22.3 Å². The first kappa shape index (κ1) is 18.3. The summed E-state index contributed by atoms with van der Waals surface area (Å²) in [7, 11) is 1.66. The fourth-order valence-corrected chi connectivity index (χ4v) is 3.41. The molecule has 1 atom stereocenters. The van der Waals surface area contributed by atoms with Gasteiger partial charge in [-0.15, -0.1) is 0 Å². The van der Waals surface area contributed by atoms with Gasteiger partial charge in [-0.1, -0.05) is 24.3 Å². The molecule has 2 N–H and O–H groups in total. The third-order valence-electron chi connectivity index (χ3n) is 4.88. The molecular formula is C21H26N2O3. The molecule has 0 aromatic heterocycles. The highest BCUT2D eigenvalue weighted by Crippen LogP contribution is 2.26. The number of phenols is 1. The number of nitrogens with one attached hydrogen (secondary N) is 1. The van der Waals surface area contributed by atoms with Crippen molar-refractivity contribution in [3.05, 3.63) is 59.7 Å². The van der Waals surface area contributed by atoms with E-state index in [9.17, 15) is 9.90 Å². The maximum Gasteiger partial charge on any atom is 0.224 e. The Kier molecular flexibility index (Phi) is 6.12. The summed E-state index contributed by atoms with van der Waals surface area (Å²) in [5.74, 6) is 1.04. The Bertz CT molecular complexity index is 707. The topological polar surface area (TPSA) is 61.8 Å². The van der Waals surface area contributed by atoms with E-state index >= 15 is 0 Å². The Morgan fingerprint density at radius 3 is 2.38 bits per heavy atom. The van der Waals surface area contributed by atoms with Crippen molar-refractivity contribution in [3.63, 3.8) is 0 Å². The van der Waals surface area contributed by atoms with Crippen molar-refractivity contribution in [1.82, 2.24) is 10.2 Å². The lowest BCUT2D eigenvalue weighted by Crippen LogP contribution is -2.37. The number of amides is 1. The van der Waals surface area contributed by atoms with E-state index < -0.39 is 0 Å². The lowest BCUT2D eigenvalue weighted by molar-refractivity contribution is -0.120. The molecule has 0 radical (unpaired) electrons. The fraction of sp³-hybridized carbons (Fsp3) is 0.381. The van der Waals surface area contributed by atoms with Gasteiger partial charge in [-0.3, -0.25) is 9.69 Å². The first-order chi connectivity index (χ1) is 12.7. The zero-order valence-electron chi connectivity index (χ0n) is 15.1. The SMILES string of the molecule is COc1ccc(C(CNC(=O)Cc2ccc(O)cc2)N2CCCC2)cc1. The molecule has 1 unspecified atom stereocenters. The van der Waals surface area contributed by atoms with Crippen LogP contribution in [0.4, 0.5) is 0 Å². The third kappa shape index (κ3) is 4.76. The maximum atomic E-state index is 12.3. The second kappa shape index (κ2) is 8.72. The first-order valence-corrected chi connectivity index (χ1v) is 9.08. The molecule has 5 nitrogen and oxygen atoms in total. The highest BCUT2D eigenvalue weighted by atomic mass is 16.5. The van der Waals surface area contributed by atoms with E-state index in [-0.39, 0.29) is 17.7 Å². The molecule has 1 fully saturated rings. The number of likely N-dealkylation sites (tertiary alicyclic amines) is 1. The van der Waals surface area contributed by atoms with Gasteiger partial charge >= 0.3 is 0 Å². The molecule has 0 saturated carbocycles. The molecule has 0 aliphatic carbocycles. The molecule has 1 heterocycles. The van der Waals surface area contributed by atoms with Crippen molar-refractivity contribution >= 4 is 5.91 Å². The average molecular weight is 354 g/mol. The van der Waals surface area contributed by atoms with Crippen LogP contribution in [0, 0.1) is 0 Å². The normalized spacial score (nSPS) is 15.6. The number of hydrogen-bond acceptors (Lipinski definition) is 4. The maximum absolute atomic E-state index is 12.3. The molecule has 1 amide bonds. The Morgan fingerprint density at radius 2 is 1.77 bits per heavy atom. The molecule has 2 aromatic rings. The molecule has 1 aliphatic rings. The van der Waals surface area contributed by atoms with E-state index in [1.807, 2.05) is 12.1 Å². The number of phenolic OH excluding ortho intramolecular Hbond substituents is 1. The summed E-state index contributed by atoms with van der Waals surface area (Å²) >= 11 is 0. The van der Waals surface area contributed by atoms with E-state index in [1.54, 1.807) is 31.4 Å². The third-order valence-corrected chi connectivity index (χ3v) is 4.88. The lowest BCUT2D eigenvalue weighted by atomic mass is 10.0. The second-order valence-corrected chi connectivity index (χ2v) is 6.68. The molecule has 3 rings (SSSR count). The van der Waals surface area contributed by atoms with Crippen LogP contribution in [-0.2, 0) is 11.2 Å². The molecular weight excluding hydrogens is 328 g/mol. The van der Waals surface area contributed by atoms with E-state index in [0.717, 1.165) is 24.4 Å². The van der Waals surface area contributed by atoms with Crippen molar-refractivity contribution in [3.8, 4) is 11.5 Å². The number of rotatable bonds is 7. The first-order valence-electron chi connectivity index (χ1n) is 9.08. The van der Waals surface area contributed by atoms with E-state index in [1.165, 1.54) is 18.4 Å². The van der Waals surface area contributed by atoms with Crippen LogP contribution in [-0.4, -0.2) is 42.7 Å². The Labute approximate surface area is 154 Å². The van der Waals surface area contributed by atoms with Crippen molar-refractivity contribution in [1.29, 1.82) is 0 Å². The largest absolute Gasteiger partial charge is 0.508 e. The van der Waals surface area contributed by atoms with Gasteiger partial charge in [-0.2, -0.15) is 0 Å². The van der Waals surface area contributed by atoms with Crippen LogP contribution in [0.15, 0.2) is 48.5 Å². The van der Waals surface area contributed by atoms with Crippen LogP contribution in [0.5, 0.6) is 11.5 Å². The van der Waals surface area contributed by atoms with Crippen LogP contribution >= 0.6 is 0 Å². The minimum atomic E-state index is -0.00611. The Morgan fingerprint density at radius 1 is 1.12 bits per heavy atom. The van der Waals surface area contributed by atoms with Gasteiger partial charge in [0.2, 0.25) is 5.91 Å². The monoisotopic (exact) mass is 354 g/mol. The van der Waals surface area contributed by atoms with Crippen molar-refractivity contribution in [2.24, 2.45) is 0 Å². The van der Waals surface area contributed by atoms with Gasteiger partial charge in [0.15, 0.2) is 0 Å². The minimum absolute atomic E-state index is 0.00611. The van der Waals surface area contributed by atoms with Gasteiger partial charge in [0.1, 0.15) is 11.5 Å². The van der Waals surface area contributed by atoms with E-state index in [0.29, 0.717) is 13.0 Å². The van der Waals surface area contributed by atoms with Crippen LogP contribution in [0.25, 0.3) is 0 Å². The minimum Gasteiger partial charge on any atom is -0.508 e. The van der Waals surface area contributed by atoms with Crippen molar-refractivity contribution in [2.45, 2.75) is 25.3 Å². The zero-order valence-corrected chi connectivity index (χ0v) is 15.1. The summed E-state index contributed by atoms with van der Waals surface area (Å²) in [6.45, 7) is 2.71. The van der Waals surface area contributed by atoms with Crippen LogP contribution in [0.3, 0.4) is 0 Å². The summed E-state index contributed by atoms with van der Waals surface area (Å²) in [5, 5.41) is 12.4. The quantitative estimate of drug-likeness (QED) is 0.803. The number of ether oxygens (including phenoxy) is 1. The lowest BCUT2D eigenvalue weighted by Gasteiger charge is -2.28. The fourth-order valence-electron chi connectivity index (χ4n) is 3.41. The Hall–Kier alpha value is -2.53. The molecule has 138 valence electrons. The number of aromatic hydroxyl groups is 1. The average Bonchev–Trinajstić information content (AvgIpc) is 3.19. The second-order valence-electron chi connectivity index (χ2n) is 6.68. The smallest absolute Gasteiger partial charge is 0.224 e. The summed E-state index contributed by atoms with van der Waals surface area (Å²) in [4.78, 5) is 14.8. The standard InChI is InChI=1S/C21H26N2O3/c1-26-19-10-6-17(7-11-19)20(23-12-2-3-13-23)15-22-21(25)14-16-4-8-18(24)9-5-16/h4-11,20,24H,2-3,12-15H2,1H3,(H,22,25). The number of carbonyl (C=O) groups excluding carboxylic acids is 1. The molecule has 5 heteroatoms. The predicted octanol–water partition coefficient (Wildman–Crippen LogP) is 2.90. The number of carbonyl (C=O) groups is 1. The number of nitrogens with zero attached hydrogens (tertiary/aromatic N) is 1. The molecule has 26 heavy (non-hydrogen) atoms. The highest BCUT2D eigenvalue weighted by Gasteiger charge is 2.24. The van der Waals surface area contributed by atoms with Gasteiger partial charge in [0.25, 0.3) is 0 Å². The van der Waals surface area contributed by atoms with Gasteiger partial charge in [0.05, 0.1) is 19.6 Å². The predicted molar refractivity (Wildman–Crippen MR) is 101 cm³/mol. The summed E-state index contributed by atoms with van der Waals surface area (Å²) in [6, 6.07) is 15.0. The molecule has 1 saturated heterocycles. The summed E-state index contributed by atoms with van der Waals surface area (Å²) in [5.41, 5.74) is 2.08. The highest BCUT2D eigenvalue weighted by molar-refractivity contribution is 5.78. The van der Waals surface area contributed by atoms with E-state index in [4.69, 9.17) is 4.74 Å². The molecule has 2 aromatic carbocycles. The van der Waals surface area contributed by atoms with Crippen molar-refractivity contribution < 1.29 is 14.6 Å². The Balaban J connectivity index is 1.63. The summed E-state index contributed by atoms with van der Waals surface area (Å²) < 4.78 is 5.25. The van der Waals surface area contributed by atoms with Crippen LogP contribution in [0.1, 0.15) is 30.0 Å². The van der Waals surface area contributed by atoms with Crippen LogP contribution < -0.4 is 10.1 Å². The summed E-state index contributed by atoms with van der Waals surface area (Å²) in [6.07, 6.45) is 2.72. The molecule has 0 spiro atoms. The number of methoxy groups -OCH3 is 1. The van der Waals surface area contributed by atoms with Gasteiger partial charge < -0.3 is 15.2 Å². The number of benzene rings is 2. The van der Waals surface area contributed by atoms with Gasteiger partial charge in [-0.25, -0.2) is 0 Å². The molecule has 0 bridgehead atoms. The van der Waals surface area contributed by atoms with Crippen molar-refractivity contribution in [2.75, 3.05) is 26.7 Å². The number of hydrogen-bond donors (Lipinski definition) is 2.